The highest BCUT2D eigenvalue weighted by Gasteiger charge is 2.32. The van der Waals surface area contributed by atoms with Crippen molar-refractivity contribution in [2.75, 3.05) is 19.0 Å². The quantitative estimate of drug-likeness (QED) is 0.862. The lowest BCUT2D eigenvalue weighted by Gasteiger charge is -2.38. The van der Waals surface area contributed by atoms with Crippen LogP contribution in [0.5, 0.6) is 0 Å². The van der Waals surface area contributed by atoms with E-state index < -0.39 is 0 Å². The van der Waals surface area contributed by atoms with Crippen LogP contribution in [0.25, 0.3) is 0 Å². The zero-order valence-electron chi connectivity index (χ0n) is 13.4. The third-order valence-electron chi connectivity index (χ3n) is 4.28. The Balaban J connectivity index is 2.17. The van der Waals surface area contributed by atoms with Crippen LogP contribution < -0.4 is 5.32 Å². The second kappa shape index (κ2) is 6.48. The molecule has 0 radical (unpaired) electrons. The van der Waals surface area contributed by atoms with Crippen molar-refractivity contribution < 1.29 is 14.3 Å². The van der Waals surface area contributed by atoms with Crippen molar-refractivity contribution >= 4 is 11.7 Å². The number of carbonyl (C=O) groups excluding carboxylic acids is 1. The second-order valence-corrected chi connectivity index (χ2v) is 6.03. The van der Waals surface area contributed by atoms with Gasteiger partial charge >= 0.3 is 5.97 Å². The minimum absolute atomic E-state index is 0.0773. The number of hydrogen-bond donors (Lipinski definition) is 1. The number of aryl methyl sites for hydroxylation is 1. The van der Waals surface area contributed by atoms with E-state index in [0.29, 0.717) is 11.6 Å². The van der Waals surface area contributed by atoms with Gasteiger partial charge in [-0.3, -0.25) is 0 Å². The van der Waals surface area contributed by atoms with Gasteiger partial charge in [0.1, 0.15) is 0 Å². The minimum Gasteiger partial charge on any atom is -0.465 e. The van der Waals surface area contributed by atoms with Gasteiger partial charge in [0.25, 0.3) is 0 Å². The molecule has 1 aromatic rings. The van der Waals surface area contributed by atoms with E-state index in [4.69, 9.17) is 9.47 Å². The van der Waals surface area contributed by atoms with Gasteiger partial charge in [-0.15, -0.1) is 0 Å². The van der Waals surface area contributed by atoms with Crippen LogP contribution in [0.2, 0.25) is 0 Å². The maximum Gasteiger partial charge on any atom is 0.339 e. The number of benzene rings is 1. The van der Waals surface area contributed by atoms with E-state index in [-0.39, 0.29) is 11.6 Å². The monoisotopic (exact) mass is 291 g/mol. The van der Waals surface area contributed by atoms with Gasteiger partial charge in [-0.25, -0.2) is 4.79 Å². The van der Waals surface area contributed by atoms with Crippen molar-refractivity contribution in [3.8, 4) is 0 Å². The van der Waals surface area contributed by atoms with Crippen molar-refractivity contribution in [2.24, 2.45) is 0 Å². The number of nitrogens with one attached hydrogen (secondary N) is 1. The standard InChI is InChI=1S/C17H25NO3/c1-5-17(3)11-13(8-9-21-17)18-15-7-6-12(2)10-14(15)16(19)20-4/h6-7,10,13,18H,5,8-9,11H2,1-4H3. The zero-order chi connectivity index (χ0) is 15.5. The lowest BCUT2D eigenvalue weighted by molar-refractivity contribution is -0.0708. The van der Waals surface area contributed by atoms with Gasteiger partial charge in [0.2, 0.25) is 0 Å². The van der Waals surface area contributed by atoms with Crippen LogP contribution in [0.4, 0.5) is 5.69 Å². The van der Waals surface area contributed by atoms with E-state index in [1.54, 1.807) is 0 Å². The van der Waals surface area contributed by atoms with Crippen molar-refractivity contribution in [1.82, 2.24) is 0 Å². The highest BCUT2D eigenvalue weighted by atomic mass is 16.5. The molecule has 1 fully saturated rings. The molecule has 1 aromatic carbocycles. The molecular formula is C17H25NO3. The molecule has 2 atom stereocenters. The second-order valence-electron chi connectivity index (χ2n) is 6.03. The first-order valence-electron chi connectivity index (χ1n) is 7.57. The molecule has 0 bridgehead atoms. The lowest BCUT2D eigenvalue weighted by Crippen LogP contribution is -2.42. The number of ether oxygens (including phenoxy) is 2. The summed E-state index contributed by atoms with van der Waals surface area (Å²) < 4.78 is 10.7. The van der Waals surface area contributed by atoms with Crippen LogP contribution in [-0.4, -0.2) is 31.3 Å². The molecule has 0 spiro atoms. The summed E-state index contributed by atoms with van der Waals surface area (Å²) in [7, 11) is 1.41. The number of methoxy groups -OCH3 is 1. The summed E-state index contributed by atoms with van der Waals surface area (Å²) >= 11 is 0. The summed E-state index contributed by atoms with van der Waals surface area (Å²) in [5.41, 5.74) is 2.41. The molecule has 0 aliphatic carbocycles. The Morgan fingerprint density at radius 2 is 2.29 bits per heavy atom. The van der Waals surface area contributed by atoms with Gasteiger partial charge in [0, 0.05) is 18.3 Å². The van der Waals surface area contributed by atoms with Crippen LogP contribution in [0.3, 0.4) is 0 Å². The number of rotatable bonds is 4. The molecule has 1 aliphatic heterocycles. The number of carbonyl (C=O) groups is 1. The van der Waals surface area contributed by atoms with Crippen molar-refractivity contribution in [3.63, 3.8) is 0 Å². The fourth-order valence-corrected chi connectivity index (χ4v) is 2.78. The molecule has 1 saturated heterocycles. The van der Waals surface area contributed by atoms with Gasteiger partial charge < -0.3 is 14.8 Å². The average molecular weight is 291 g/mol. The molecule has 2 unspecified atom stereocenters. The molecule has 21 heavy (non-hydrogen) atoms. The average Bonchev–Trinajstić information content (AvgIpc) is 2.48. The third-order valence-corrected chi connectivity index (χ3v) is 4.28. The van der Waals surface area contributed by atoms with Gasteiger partial charge in [0.15, 0.2) is 0 Å². The Bertz CT molecular complexity index is 515. The zero-order valence-corrected chi connectivity index (χ0v) is 13.4. The van der Waals surface area contributed by atoms with Crippen molar-refractivity contribution in [3.05, 3.63) is 29.3 Å². The molecule has 1 aliphatic rings. The van der Waals surface area contributed by atoms with E-state index in [2.05, 4.69) is 19.2 Å². The summed E-state index contributed by atoms with van der Waals surface area (Å²) in [4.78, 5) is 11.9. The highest BCUT2D eigenvalue weighted by Crippen LogP contribution is 2.30. The predicted molar refractivity (Wildman–Crippen MR) is 83.8 cm³/mol. The number of anilines is 1. The van der Waals surface area contributed by atoms with Crippen molar-refractivity contribution in [2.45, 2.75) is 51.7 Å². The molecule has 4 nitrogen and oxygen atoms in total. The molecule has 2 rings (SSSR count). The normalized spacial score (nSPS) is 25.4. The Morgan fingerprint density at radius 3 is 2.95 bits per heavy atom. The summed E-state index contributed by atoms with van der Waals surface area (Å²) in [5.74, 6) is -0.300. The fourth-order valence-electron chi connectivity index (χ4n) is 2.78. The molecule has 0 amide bonds. The number of esters is 1. The summed E-state index contributed by atoms with van der Waals surface area (Å²) in [5, 5.41) is 3.50. The van der Waals surface area contributed by atoms with E-state index in [1.807, 2.05) is 25.1 Å². The Labute approximate surface area is 126 Å². The van der Waals surface area contributed by atoms with E-state index in [1.165, 1.54) is 7.11 Å². The topological polar surface area (TPSA) is 47.6 Å². The van der Waals surface area contributed by atoms with Crippen LogP contribution in [0.1, 0.15) is 49.0 Å². The molecule has 0 saturated carbocycles. The molecule has 1 N–H and O–H groups in total. The molecule has 116 valence electrons. The Morgan fingerprint density at radius 1 is 1.52 bits per heavy atom. The van der Waals surface area contributed by atoms with Crippen LogP contribution in [0.15, 0.2) is 18.2 Å². The summed E-state index contributed by atoms with van der Waals surface area (Å²) in [6.07, 6.45) is 2.88. The minimum atomic E-state index is -0.300. The molecule has 0 aromatic heterocycles. The van der Waals surface area contributed by atoms with Gasteiger partial charge in [-0.2, -0.15) is 0 Å². The largest absolute Gasteiger partial charge is 0.465 e. The van der Waals surface area contributed by atoms with Crippen LogP contribution >= 0.6 is 0 Å². The first kappa shape index (κ1) is 15.8. The van der Waals surface area contributed by atoms with Gasteiger partial charge in [-0.1, -0.05) is 18.6 Å². The van der Waals surface area contributed by atoms with Gasteiger partial charge in [0.05, 0.1) is 18.3 Å². The predicted octanol–water partition coefficient (Wildman–Crippen LogP) is 3.54. The fraction of sp³-hybridized carbons (Fsp3) is 0.588. The SMILES string of the molecule is CCC1(C)CC(Nc2ccc(C)cc2C(=O)OC)CCO1. The highest BCUT2D eigenvalue weighted by molar-refractivity contribution is 5.95. The summed E-state index contributed by atoms with van der Waals surface area (Å²) in [6.45, 7) is 7.02. The smallest absolute Gasteiger partial charge is 0.339 e. The maximum atomic E-state index is 11.9. The van der Waals surface area contributed by atoms with E-state index in [0.717, 1.165) is 37.1 Å². The maximum absolute atomic E-state index is 11.9. The van der Waals surface area contributed by atoms with E-state index in [9.17, 15) is 4.79 Å². The lowest BCUT2D eigenvalue weighted by atomic mass is 9.89. The molecular weight excluding hydrogens is 266 g/mol. The van der Waals surface area contributed by atoms with Crippen LogP contribution in [-0.2, 0) is 9.47 Å². The molecule has 1 heterocycles. The van der Waals surface area contributed by atoms with Gasteiger partial charge in [-0.05, 0) is 45.2 Å². The Hall–Kier alpha value is -1.55. The Kier molecular flexibility index (Phi) is 4.88. The molecule has 4 heteroatoms. The first-order valence-corrected chi connectivity index (χ1v) is 7.57. The van der Waals surface area contributed by atoms with Crippen molar-refractivity contribution in [1.29, 1.82) is 0 Å². The van der Waals surface area contributed by atoms with Crippen LogP contribution in [0, 0.1) is 6.92 Å². The third kappa shape index (κ3) is 3.76. The number of hydrogen-bond acceptors (Lipinski definition) is 4. The summed E-state index contributed by atoms with van der Waals surface area (Å²) in [6, 6.07) is 6.15. The van der Waals surface area contributed by atoms with E-state index >= 15 is 0 Å². The first-order chi connectivity index (χ1) is 9.97.